The van der Waals surface area contributed by atoms with Crippen molar-refractivity contribution in [3.05, 3.63) is 71.0 Å². The van der Waals surface area contributed by atoms with E-state index in [9.17, 15) is 13.2 Å². The third-order valence-corrected chi connectivity index (χ3v) is 5.52. The Balaban J connectivity index is 1.72. The maximum atomic E-state index is 12.5. The number of ether oxygens (including phenoxy) is 1. The number of benzene rings is 2. The molecular formula is C18H15BrN4O4S. The van der Waals surface area contributed by atoms with Crippen LogP contribution in [-0.4, -0.2) is 31.4 Å². The Morgan fingerprint density at radius 1 is 1.04 bits per heavy atom. The van der Waals surface area contributed by atoms with E-state index in [2.05, 4.69) is 35.9 Å². The summed E-state index contributed by atoms with van der Waals surface area (Å²) in [6.07, 6.45) is 1.19. The van der Waals surface area contributed by atoms with Crippen LogP contribution in [0.3, 0.4) is 0 Å². The van der Waals surface area contributed by atoms with Gasteiger partial charge in [-0.2, -0.15) is 0 Å². The fraction of sp³-hybridized carbons (Fsp3) is 0.0556. The second-order valence-electron chi connectivity index (χ2n) is 5.54. The fourth-order valence-corrected chi connectivity index (χ4v) is 3.49. The summed E-state index contributed by atoms with van der Waals surface area (Å²) in [7, 11) is -2.44. The van der Waals surface area contributed by atoms with Gasteiger partial charge in [-0.1, -0.05) is 15.9 Å². The number of methoxy groups -OCH3 is 1. The van der Waals surface area contributed by atoms with Crippen molar-refractivity contribution in [1.29, 1.82) is 0 Å². The molecule has 0 spiro atoms. The standard InChI is InChI=1S/C18H15BrN4O4S/c1-27-17-10-16(20-11-21-17)23-28(25,26)15-8-6-14(7-9-15)22-18(24)12-2-4-13(19)5-3-12/h2-11H,1H3,(H,22,24)(H,20,21,23). The lowest BCUT2D eigenvalue weighted by atomic mass is 10.2. The molecule has 0 fully saturated rings. The molecule has 8 nitrogen and oxygen atoms in total. The molecule has 0 radical (unpaired) electrons. The normalized spacial score (nSPS) is 10.9. The lowest BCUT2D eigenvalue weighted by Crippen LogP contribution is -2.15. The Hall–Kier alpha value is -2.98. The number of sulfonamides is 1. The van der Waals surface area contributed by atoms with Crippen molar-refractivity contribution in [3.8, 4) is 5.88 Å². The first kappa shape index (κ1) is 19.8. The number of anilines is 2. The first-order valence-electron chi connectivity index (χ1n) is 7.93. The summed E-state index contributed by atoms with van der Waals surface area (Å²) in [6.45, 7) is 0. The van der Waals surface area contributed by atoms with E-state index in [4.69, 9.17) is 4.74 Å². The molecule has 0 aliphatic rings. The zero-order valence-electron chi connectivity index (χ0n) is 14.6. The number of nitrogens with zero attached hydrogens (tertiary/aromatic N) is 2. The molecule has 10 heteroatoms. The number of carbonyl (C=O) groups excluding carboxylic acids is 1. The molecule has 1 heterocycles. The van der Waals surface area contributed by atoms with Gasteiger partial charge in [-0.05, 0) is 48.5 Å². The zero-order valence-corrected chi connectivity index (χ0v) is 17.0. The van der Waals surface area contributed by atoms with Gasteiger partial charge >= 0.3 is 0 Å². The minimum absolute atomic E-state index is 0.0201. The maximum Gasteiger partial charge on any atom is 0.263 e. The highest BCUT2D eigenvalue weighted by molar-refractivity contribution is 9.10. The summed E-state index contributed by atoms with van der Waals surface area (Å²) in [6, 6.07) is 14.0. The Bertz CT molecular complexity index is 1090. The van der Waals surface area contributed by atoms with Crippen molar-refractivity contribution in [2.75, 3.05) is 17.1 Å². The Kier molecular flexibility index (Phi) is 5.90. The van der Waals surface area contributed by atoms with Gasteiger partial charge in [0.25, 0.3) is 15.9 Å². The summed E-state index contributed by atoms with van der Waals surface area (Å²) in [4.78, 5) is 19.9. The molecule has 2 aromatic carbocycles. The number of hydrogen-bond donors (Lipinski definition) is 2. The number of nitrogens with one attached hydrogen (secondary N) is 2. The quantitative estimate of drug-likeness (QED) is 0.581. The van der Waals surface area contributed by atoms with Gasteiger partial charge in [-0.3, -0.25) is 9.52 Å². The number of halogens is 1. The highest BCUT2D eigenvalue weighted by atomic mass is 79.9. The molecule has 1 amide bonds. The van der Waals surface area contributed by atoms with Crippen molar-refractivity contribution >= 4 is 43.4 Å². The number of rotatable bonds is 6. The minimum atomic E-state index is -3.85. The Morgan fingerprint density at radius 3 is 2.36 bits per heavy atom. The highest BCUT2D eigenvalue weighted by Crippen LogP contribution is 2.19. The third kappa shape index (κ3) is 4.84. The second-order valence-corrected chi connectivity index (χ2v) is 8.13. The van der Waals surface area contributed by atoms with Crippen molar-refractivity contribution in [1.82, 2.24) is 9.97 Å². The van der Waals surface area contributed by atoms with E-state index in [1.165, 1.54) is 43.8 Å². The Labute approximate surface area is 170 Å². The van der Waals surface area contributed by atoms with Gasteiger partial charge in [0.2, 0.25) is 5.88 Å². The molecule has 0 unspecified atom stereocenters. The van der Waals surface area contributed by atoms with Crippen LogP contribution in [0.1, 0.15) is 10.4 Å². The van der Waals surface area contributed by atoms with Crippen molar-refractivity contribution in [3.63, 3.8) is 0 Å². The van der Waals surface area contributed by atoms with Crippen LogP contribution in [0.15, 0.2) is 70.3 Å². The summed E-state index contributed by atoms with van der Waals surface area (Å²) in [5.74, 6) is 0.0208. The third-order valence-electron chi connectivity index (χ3n) is 3.62. The molecular weight excluding hydrogens is 448 g/mol. The highest BCUT2D eigenvalue weighted by Gasteiger charge is 2.16. The predicted octanol–water partition coefficient (Wildman–Crippen LogP) is 3.30. The molecule has 0 aliphatic heterocycles. The Morgan fingerprint density at radius 2 is 1.71 bits per heavy atom. The van der Waals surface area contributed by atoms with E-state index in [0.717, 1.165) is 4.47 Å². The lowest BCUT2D eigenvalue weighted by Gasteiger charge is -2.09. The molecule has 0 saturated heterocycles. The van der Waals surface area contributed by atoms with Gasteiger partial charge < -0.3 is 10.1 Å². The topological polar surface area (TPSA) is 110 Å². The molecule has 0 bridgehead atoms. The molecule has 1 aromatic heterocycles. The van der Waals surface area contributed by atoms with E-state index in [1.807, 2.05) is 0 Å². The van der Waals surface area contributed by atoms with Gasteiger partial charge in [0.15, 0.2) is 0 Å². The van der Waals surface area contributed by atoms with Crippen molar-refractivity contribution < 1.29 is 17.9 Å². The van der Waals surface area contributed by atoms with Crippen molar-refractivity contribution in [2.24, 2.45) is 0 Å². The van der Waals surface area contributed by atoms with Crippen LogP contribution in [0.5, 0.6) is 5.88 Å². The molecule has 2 N–H and O–H groups in total. The SMILES string of the molecule is COc1cc(NS(=O)(=O)c2ccc(NC(=O)c3ccc(Br)cc3)cc2)ncn1. The zero-order chi connectivity index (χ0) is 20.1. The molecule has 28 heavy (non-hydrogen) atoms. The first-order valence-corrected chi connectivity index (χ1v) is 10.2. The van der Waals surface area contributed by atoms with Gasteiger partial charge in [0, 0.05) is 21.8 Å². The average molecular weight is 463 g/mol. The van der Waals surface area contributed by atoms with Crippen LogP contribution in [0.4, 0.5) is 11.5 Å². The monoisotopic (exact) mass is 462 g/mol. The number of carbonyl (C=O) groups is 1. The van der Waals surface area contributed by atoms with Crippen LogP contribution in [0.2, 0.25) is 0 Å². The maximum absolute atomic E-state index is 12.5. The smallest absolute Gasteiger partial charge is 0.263 e. The van der Waals surface area contributed by atoms with Crippen LogP contribution in [0, 0.1) is 0 Å². The van der Waals surface area contributed by atoms with Crippen LogP contribution < -0.4 is 14.8 Å². The van der Waals surface area contributed by atoms with E-state index < -0.39 is 10.0 Å². The summed E-state index contributed by atoms with van der Waals surface area (Å²) < 4.78 is 33.1. The van der Waals surface area contributed by atoms with E-state index in [-0.39, 0.29) is 22.5 Å². The predicted molar refractivity (Wildman–Crippen MR) is 108 cm³/mol. The van der Waals surface area contributed by atoms with Crippen molar-refractivity contribution in [2.45, 2.75) is 4.90 Å². The summed E-state index contributed by atoms with van der Waals surface area (Å²) >= 11 is 3.31. The number of hydrogen-bond acceptors (Lipinski definition) is 6. The molecule has 0 aliphatic carbocycles. The molecule has 3 aromatic rings. The van der Waals surface area contributed by atoms with Gasteiger partial charge in [-0.25, -0.2) is 18.4 Å². The summed E-state index contributed by atoms with van der Waals surface area (Å²) in [5, 5.41) is 2.71. The van der Waals surface area contributed by atoms with E-state index >= 15 is 0 Å². The largest absolute Gasteiger partial charge is 0.481 e. The van der Waals surface area contributed by atoms with Gasteiger partial charge in [-0.15, -0.1) is 0 Å². The molecule has 144 valence electrons. The van der Waals surface area contributed by atoms with E-state index in [1.54, 1.807) is 24.3 Å². The molecule has 3 rings (SSSR count). The molecule has 0 saturated carbocycles. The van der Waals surface area contributed by atoms with Gasteiger partial charge in [0.1, 0.15) is 12.1 Å². The van der Waals surface area contributed by atoms with Gasteiger partial charge in [0.05, 0.1) is 12.0 Å². The van der Waals surface area contributed by atoms with Crippen LogP contribution in [-0.2, 0) is 10.0 Å². The fourth-order valence-electron chi connectivity index (χ4n) is 2.23. The first-order chi connectivity index (χ1) is 13.4. The minimum Gasteiger partial charge on any atom is -0.481 e. The van der Waals surface area contributed by atoms with Crippen LogP contribution in [0.25, 0.3) is 0 Å². The number of aromatic nitrogens is 2. The van der Waals surface area contributed by atoms with Crippen LogP contribution >= 0.6 is 15.9 Å². The number of amides is 1. The molecule has 0 atom stereocenters. The second kappa shape index (κ2) is 8.36. The van der Waals surface area contributed by atoms with E-state index in [0.29, 0.717) is 11.3 Å². The summed E-state index contributed by atoms with van der Waals surface area (Å²) in [5.41, 5.74) is 0.954. The lowest BCUT2D eigenvalue weighted by molar-refractivity contribution is 0.102. The average Bonchev–Trinajstić information content (AvgIpc) is 2.68.